The fraction of sp³-hybridized carbons (Fsp3) is 0.143. The van der Waals surface area contributed by atoms with Crippen LogP contribution in [0.15, 0.2) is 30.5 Å². The highest BCUT2D eigenvalue weighted by molar-refractivity contribution is 7.21. The molecule has 4 nitrogen and oxygen atoms in total. The highest BCUT2D eigenvalue weighted by atomic mass is 32.1. The topological polar surface area (TPSA) is 55.1 Å². The van der Waals surface area contributed by atoms with E-state index in [0.29, 0.717) is 4.88 Å². The Morgan fingerprint density at radius 1 is 1.37 bits per heavy atom. The standard InChI is InChI=1S/C14H12N2O2S/c1-8-10-7-9(11-5-6-15-16(11)2)3-4-12(10)19-13(8)14(17)18/h3-7H,1-2H3,(H,17,18). The lowest BCUT2D eigenvalue weighted by Gasteiger charge is -2.02. The molecule has 3 aromatic rings. The van der Waals surface area contributed by atoms with Gasteiger partial charge in [-0.05, 0) is 36.1 Å². The van der Waals surface area contributed by atoms with Crippen LogP contribution in [0.2, 0.25) is 0 Å². The van der Waals surface area contributed by atoms with Crippen LogP contribution in [-0.2, 0) is 7.05 Å². The Morgan fingerprint density at radius 2 is 2.16 bits per heavy atom. The molecule has 2 aromatic heterocycles. The van der Waals surface area contributed by atoms with Crippen molar-refractivity contribution in [1.82, 2.24) is 9.78 Å². The fourth-order valence-electron chi connectivity index (χ4n) is 2.24. The first kappa shape index (κ1) is 11.9. The van der Waals surface area contributed by atoms with Gasteiger partial charge < -0.3 is 5.11 Å². The largest absolute Gasteiger partial charge is 0.477 e. The van der Waals surface area contributed by atoms with E-state index < -0.39 is 5.97 Å². The van der Waals surface area contributed by atoms with Crippen LogP contribution in [0.3, 0.4) is 0 Å². The minimum Gasteiger partial charge on any atom is -0.477 e. The van der Waals surface area contributed by atoms with Crippen molar-refractivity contribution in [3.8, 4) is 11.3 Å². The monoisotopic (exact) mass is 272 g/mol. The second-order valence-electron chi connectivity index (χ2n) is 4.41. The maximum absolute atomic E-state index is 11.2. The molecule has 3 rings (SSSR count). The van der Waals surface area contributed by atoms with Gasteiger partial charge in [-0.25, -0.2) is 4.79 Å². The summed E-state index contributed by atoms with van der Waals surface area (Å²) in [5, 5.41) is 14.3. The lowest BCUT2D eigenvalue weighted by Crippen LogP contribution is -1.94. The van der Waals surface area contributed by atoms with Crippen LogP contribution in [0.1, 0.15) is 15.2 Å². The molecule has 5 heteroatoms. The zero-order valence-corrected chi connectivity index (χ0v) is 11.4. The molecular weight excluding hydrogens is 260 g/mol. The second-order valence-corrected chi connectivity index (χ2v) is 5.46. The number of hydrogen-bond donors (Lipinski definition) is 1. The zero-order chi connectivity index (χ0) is 13.6. The first-order valence-corrected chi connectivity index (χ1v) is 6.64. The Hall–Kier alpha value is -2.14. The lowest BCUT2D eigenvalue weighted by atomic mass is 10.1. The molecule has 0 bridgehead atoms. The first-order valence-electron chi connectivity index (χ1n) is 5.83. The van der Waals surface area contributed by atoms with E-state index in [2.05, 4.69) is 5.10 Å². The molecule has 0 radical (unpaired) electrons. The number of rotatable bonds is 2. The number of aryl methyl sites for hydroxylation is 2. The summed E-state index contributed by atoms with van der Waals surface area (Å²) >= 11 is 1.32. The molecule has 1 aromatic carbocycles. The van der Waals surface area contributed by atoms with E-state index in [1.165, 1.54) is 11.3 Å². The van der Waals surface area contributed by atoms with Gasteiger partial charge in [-0.3, -0.25) is 4.68 Å². The number of nitrogens with zero attached hydrogens (tertiary/aromatic N) is 2. The van der Waals surface area contributed by atoms with Crippen molar-refractivity contribution in [3.63, 3.8) is 0 Å². The van der Waals surface area contributed by atoms with Crippen molar-refractivity contribution < 1.29 is 9.90 Å². The number of carboxylic acid groups (broad SMARTS) is 1. The van der Waals surface area contributed by atoms with Crippen molar-refractivity contribution in [3.05, 3.63) is 40.9 Å². The van der Waals surface area contributed by atoms with Gasteiger partial charge in [0.25, 0.3) is 0 Å². The van der Waals surface area contributed by atoms with E-state index in [0.717, 1.165) is 26.9 Å². The van der Waals surface area contributed by atoms with Crippen molar-refractivity contribution in [2.24, 2.45) is 7.05 Å². The molecule has 2 heterocycles. The minimum atomic E-state index is -0.860. The van der Waals surface area contributed by atoms with Crippen LogP contribution in [0.4, 0.5) is 0 Å². The molecule has 0 aliphatic heterocycles. The fourth-order valence-corrected chi connectivity index (χ4v) is 3.27. The molecule has 0 unspecified atom stereocenters. The summed E-state index contributed by atoms with van der Waals surface area (Å²) in [6, 6.07) is 7.95. The van der Waals surface area contributed by atoms with Crippen molar-refractivity contribution in [2.45, 2.75) is 6.92 Å². The van der Waals surface area contributed by atoms with Gasteiger partial charge in [-0.15, -0.1) is 11.3 Å². The molecule has 19 heavy (non-hydrogen) atoms. The molecule has 0 aliphatic carbocycles. The highest BCUT2D eigenvalue weighted by Gasteiger charge is 2.15. The molecule has 0 fully saturated rings. The molecular formula is C14H12N2O2S. The molecule has 96 valence electrons. The summed E-state index contributed by atoms with van der Waals surface area (Å²) in [7, 11) is 1.89. The van der Waals surface area contributed by atoms with E-state index in [1.54, 1.807) is 10.9 Å². The number of benzene rings is 1. The Labute approximate surface area is 113 Å². The number of aromatic nitrogens is 2. The average Bonchev–Trinajstić information content (AvgIpc) is 2.94. The van der Waals surface area contributed by atoms with Crippen LogP contribution in [0.25, 0.3) is 21.3 Å². The van der Waals surface area contributed by atoms with Crippen LogP contribution in [-0.4, -0.2) is 20.9 Å². The smallest absolute Gasteiger partial charge is 0.346 e. The Bertz CT molecular complexity index is 786. The van der Waals surface area contributed by atoms with Crippen LogP contribution >= 0.6 is 11.3 Å². The van der Waals surface area contributed by atoms with Gasteiger partial charge in [-0.1, -0.05) is 6.07 Å². The van der Waals surface area contributed by atoms with Gasteiger partial charge in [0.05, 0.1) is 5.69 Å². The molecule has 0 atom stereocenters. The molecule has 0 spiro atoms. The van der Waals surface area contributed by atoms with Crippen LogP contribution in [0.5, 0.6) is 0 Å². The molecule has 0 amide bonds. The lowest BCUT2D eigenvalue weighted by molar-refractivity contribution is 0.0701. The van der Waals surface area contributed by atoms with E-state index in [1.807, 2.05) is 38.2 Å². The predicted molar refractivity (Wildman–Crippen MR) is 75.7 cm³/mol. The SMILES string of the molecule is Cc1c(C(=O)O)sc2ccc(-c3ccnn3C)cc12. The summed E-state index contributed by atoms with van der Waals surface area (Å²) in [6.07, 6.45) is 1.75. The van der Waals surface area contributed by atoms with Crippen LogP contribution in [0, 0.1) is 6.92 Å². The van der Waals surface area contributed by atoms with Crippen molar-refractivity contribution in [1.29, 1.82) is 0 Å². The third-order valence-corrected chi connectivity index (χ3v) is 4.51. The number of carbonyl (C=O) groups is 1. The number of aromatic carboxylic acids is 1. The van der Waals surface area contributed by atoms with Gasteiger partial charge in [0, 0.05) is 23.5 Å². The zero-order valence-electron chi connectivity index (χ0n) is 10.5. The number of carboxylic acids is 1. The van der Waals surface area contributed by atoms with Crippen molar-refractivity contribution in [2.75, 3.05) is 0 Å². The van der Waals surface area contributed by atoms with E-state index in [9.17, 15) is 4.79 Å². The van der Waals surface area contributed by atoms with Gasteiger partial charge in [0.15, 0.2) is 0 Å². The molecule has 0 saturated heterocycles. The number of thiophene rings is 1. The molecule has 0 aliphatic rings. The minimum absolute atomic E-state index is 0.414. The van der Waals surface area contributed by atoms with E-state index in [4.69, 9.17) is 5.11 Å². The van der Waals surface area contributed by atoms with Gasteiger partial charge in [0.2, 0.25) is 0 Å². The Kier molecular flexibility index (Phi) is 2.64. The second kappa shape index (κ2) is 4.20. The molecule has 1 N–H and O–H groups in total. The van der Waals surface area contributed by atoms with E-state index in [-0.39, 0.29) is 0 Å². The Morgan fingerprint density at radius 3 is 2.79 bits per heavy atom. The number of fused-ring (bicyclic) bond motifs is 1. The summed E-state index contributed by atoms with van der Waals surface area (Å²) in [6.45, 7) is 1.86. The van der Waals surface area contributed by atoms with Gasteiger partial charge in [0.1, 0.15) is 4.88 Å². The molecule has 0 saturated carbocycles. The van der Waals surface area contributed by atoms with Gasteiger partial charge in [-0.2, -0.15) is 5.10 Å². The van der Waals surface area contributed by atoms with Crippen molar-refractivity contribution >= 4 is 27.4 Å². The normalized spacial score (nSPS) is 11.1. The summed E-state index contributed by atoms with van der Waals surface area (Å²) in [4.78, 5) is 11.6. The maximum Gasteiger partial charge on any atom is 0.346 e. The average molecular weight is 272 g/mol. The summed E-state index contributed by atoms with van der Waals surface area (Å²) in [5.74, 6) is -0.860. The quantitative estimate of drug-likeness (QED) is 0.778. The summed E-state index contributed by atoms with van der Waals surface area (Å²) in [5.41, 5.74) is 2.89. The first-order chi connectivity index (χ1) is 9.08. The maximum atomic E-state index is 11.2. The highest BCUT2D eigenvalue weighted by Crippen LogP contribution is 2.33. The predicted octanol–water partition coefficient (Wildman–Crippen LogP) is 3.31. The number of hydrogen-bond acceptors (Lipinski definition) is 3. The summed E-state index contributed by atoms with van der Waals surface area (Å²) < 4.78 is 2.81. The van der Waals surface area contributed by atoms with Gasteiger partial charge >= 0.3 is 5.97 Å². The van der Waals surface area contributed by atoms with Crippen LogP contribution < -0.4 is 0 Å². The third kappa shape index (κ3) is 1.82. The van der Waals surface area contributed by atoms with E-state index >= 15 is 0 Å². The Balaban J connectivity index is 2.24. The third-order valence-electron chi connectivity index (χ3n) is 3.25.